The molecule has 3 heterocycles. The number of rotatable bonds is 7. The summed E-state index contributed by atoms with van der Waals surface area (Å²) in [6.45, 7) is 5.30. The molecule has 0 spiro atoms. The van der Waals surface area contributed by atoms with Crippen molar-refractivity contribution in [3.8, 4) is 5.75 Å². The zero-order valence-corrected chi connectivity index (χ0v) is 20.5. The Hall–Kier alpha value is -4.40. The predicted molar refractivity (Wildman–Crippen MR) is 131 cm³/mol. The molecule has 1 saturated heterocycles. The van der Waals surface area contributed by atoms with Crippen LogP contribution in [0.4, 0.5) is 0 Å². The molecule has 9 nitrogen and oxygen atoms in total. The molecule has 0 bridgehead atoms. The van der Waals surface area contributed by atoms with Crippen molar-refractivity contribution in [2.24, 2.45) is 0 Å². The average Bonchev–Trinajstić information content (AvgIpc) is 3.31. The van der Waals surface area contributed by atoms with Gasteiger partial charge in [-0.2, -0.15) is 0 Å². The number of ketones is 1. The van der Waals surface area contributed by atoms with Crippen molar-refractivity contribution >= 4 is 23.4 Å². The van der Waals surface area contributed by atoms with E-state index >= 15 is 0 Å². The molecule has 3 aromatic rings. The molecule has 1 atom stereocenters. The maximum atomic E-state index is 13.4. The number of carbonyl (C=O) groups is 3. The number of nitrogens with zero attached hydrogens (tertiary/aromatic N) is 2. The highest BCUT2D eigenvalue weighted by Crippen LogP contribution is 2.44. The molecule has 1 aliphatic heterocycles. The van der Waals surface area contributed by atoms with E-state index in [-0.39, 0.29) is 35.7 Å². The maximum absolute atomic E-state index is 13.4. The second-order valence-electron chi connectivity index (χ2n) is 8.38. The summed E-state index contributed by atoms with van der Waals surface area (Å²) < 4.78 is 10.6. The number of pyridine rings is 1. The van der Waals surface area contributed by atoms with Gasteiger partial charge in [0, 0.05) is 35.8 Å². The Balaban J connectivity index is 1.93. The minimum Gasteiger partial charge on any atom is -0.507 e. The fourth-order valence-electron chi connectivity index (χ4n) is 4.59. The Morgan fingerprint density at radius 3 is 2.58 bits per heavy atom. The van der Waals surface area contributed by atoms with Crippen molar-refractivity contribution in [1.29, 1.82) is 0 Å². The molecule has 0 saturated carbocycles. The van der Waals surface area contributed by atoms with E-state index in [0.29, 0.717) is 22.6 Å². The zero-order valence-electron chi connectivity index (χ0n) is 20.5. The van der Waals surface area contributed by atoms with Gasteiger partial charge in [0.25, 0.3) is 11.7 Å². The van der Waals surface area contributed by atoms with E-state index in [0.717, 1.165) is 5.56 Å². The third kappa shape index (κ3) is 4.24. The Morgan fingerprint density at radius 1 is 1.17 bits per heavy atom. The number of carbonyl (C=O) groups excluding carboxylic acids is 3. The third-order valence-electron chi connectivity index (χ3n) is 6.20. The fraction of sp³-hybridized carbons (Fsp3) is 0.259. The Morgan fingerprint density at radius 2 is 1.92 bits per heavy atom. The van der Waals surface area contributed by atoms with Crippen LogP contribution in [0.3, 0.4) is 0 Å². The normalized spacial score (nSPS) is 16.9. The number of amides is 1. The van der Waals surface area contributed by atoms with Gasteiger partial charge < -0.3 is 24.5 Å². The van der Waals surface area contributed by atoms with E-state index in [1.807, 2.05) is 0 Å². The molecule has 4 rings (SSSR count). The first kappa shape index (κ1) is 24.7. The largest absolute Gasteiger partial charge is 0.507 e. The second-order valence-corrected chi connectivity index (χ2v) is 8.38. The van der Waals surface area contributed by atoms with Crippen molar-refractivity contribution < 1.29 is 29.0 Å². The third-order valence-corrected chi connectivity index (χ3v) is 6.20. The lowest BCUT2D eigenvalue weighted by Gasteiger charge is -2.26. The van der Waals surface area contributed by atoms with E-state index in [1.54, 1.807) is 69.6 Å². The number of benzene rings is 1. The molecule has 0 unspecified atom stereocenters. The Kier molecular flexibility index (Phi) is 6.91. The molecule has 36 heavy (non-hydrogen) atoms. The molecule has 2 N–H and O–H groups in total. The topological polar surface area (TPSA) is 122 Å². The Labute approximate surface area is 208 Å². The van der Waals surface area contributed by atoms with Crippen molar-refractivity contribution in [2.45, 2.75) is 33.4 Å². The molecular formula is C27H27N3O6. The van der Waals surface area contributed by atoms with Crippen LogP contribution in [0.15, 0.2) is 54.4 Å². The number of hydrogen-bond donors (Lipinski definition) is 2. The van der Waals surface area contributed by atoms with Gasteiger partial charge in [0.05, 0.1) is 25.3 Å². The lowest BCUT2D eigenvalue weighted by Crippen LogP contribution is -2.29. The summed E-state index contributed by atoms with van der Waals surface area (Å²) in [6, 6.07) is 9.65. The van der Waals surface area contributed by atoms with Crippen LogP contribution in [0, 0.1) is 13.8 Å². The van der Waals surface area contributed by atoms with Crippen molar-refractivity contribution in [1.82, 2.24) is 14.9 Å². The fourth-order valence-corrected chi connectivity index (χ4v) is 4.59. The first-order valence-corrected chi connectivity index (χ1v) is 11.5. The van der Waals surface area contributed by atoms with Crippen LogP contribution in [-0.2, 0) is 20.9 Å². The molecule has 2 aromatic heterocycles. The van der Waals surface area contributed by atoms with Crippen LogP contribution in [0.2, 0.25) is 0 Å². The standard InChI is InChI=1S/C27H27N3O6/c1-5-36-27(34)22-15(2)20(16(3)29-22)24(31)21-23(18-10-6-7-11-19(18)35-4)30(26(33)25(21)32)14-17-9-8-12-28-13-17/h6-13,23,29,31H,5,14H2,1-4H3/t23-/m1/s1. The number of aliphatic hydroxyl groups excluding tert-OH is 1. The van der Waals surface area contributed by atoms with Crippen LogP contribution in [0.1, 0.15) is 51.4 Å². The molecule has 1 fully saturated rings. The quantitative estimate of drug-likeness (QED) is 0.224. The minimum absolute atomic E-state index is 0.0889. The zero-order chi connectivity index (χ0) is 26.0. The number of ether oxygens (including phenoxy) is 2. The van der Waals surface area contributed by atoms with Gasteiger partial charge in [-0.1, -0.05) is 24.3 Å². The van der Waals surface area contributed by atoms with Crippen molar-refractivity contribution in [2.75, 3.05) is 13.7 Å². The molecule has 0 aliphatic carbocycles. The highest BCUT2D eigenvalue weighted by atomic mass is 16.5. The monoisotopic (exact) mass is 489 g/mol. The van der Waals surface area contributed by atoms with Gasteiger partial charge in [0.15, 0.2) is 0 Å². The molecule has 186 valence electrons. The van der Waals surface area contributed by atoms with Gasteiger partial charge in [-0.3, -0.25) is 14.6 Å². The molecular weight excluding hydrogens is 462 g/mol. The first-order chi connectivity index (χ1) is 17.3. The number of methoxy groups -OCH3 is 1. The number of hydrogen-bond acceptors (Lipinski definition) is 7. The number of nitrogens with one attached hydrogen (secondary N) is 1. The van der Waals surface area contributed by atoms with Gasteiger partial charge in [0.1, 0.15) is 17.2 Å². The molecule has 9 heteroatoms. The van der Waals surface area contributed by atoms with Gasteiger partial charge >= 0.3 is 5.97 Å². The summed E-state index contributed by atoms with van der Waals surface area (Å²) in [7, 11) is 1.50. The summed E-state index contributed by atoms with van der Waals surface area (Å²) in [5, 5.41) is 11.5. The number of aryl methyl sites for hydroxylation is 1. The highest BCUT2D eigenvalue weighted by Gasteiger charge is 2.47. The van der Waals surface area contributed by atoms with Crippen LogP contribution in [0.25, 0.3) is 5.76 Å². The van der Waals surface area contributed by atoms with Gasteiger partial charge in [0.2, 0.25) is 0 Å². The number of likely N-dealkylation sites (tertiary alicyclic amines) is 1. The van der Waals surface area contributed by atoms with Crippen LogP contribution in [-0.4, -0.2) is 51.4 Å². The molecule has 1 aromatic carbocycles. The van der Waals surface area contributed by atoms with E-state index < -0.39 is 23.7 Å². The smallest absolute Gasteiger partial charge is 0.355 e. The molecule has 1 amide bonds. The lowest BCUT2D eigenvalue weighted by atomic mass is 9.93. The van der Waals surface area contributed by atoms with Crippen LogP contribution >= 0.6 is 0 Å². The number of aromatic amines is 1. The molecule has 0 radical (unpaired) electrons. The average molecular weight is 490 g/mol. The van der Waals surface area contributed by atoms with E-state index in [9.17, 15) is 19.5 Å². The molecule has 1 aliphatic rings. The first-order valence-electron chi connectivity index (χ1n) is 11.5. The number of aromatic nitrogens is 2. The summed E-state index contributed by atoms with van der Waals surface area (Å²) >= 11 is 0. The van der Waals surface area contributed by atoms with Crippen LogP contribution < -0.4 is 4.74 Å². The summed E-state index contributed by atoms with van der Waals surface area (Å²) in [5.74, 6) is -2.07. The number of aliphatic hydroxyl groups is 1. The summed E-state index contributed by atoms with van der Waals surface area (Å²) in [4.78, 5) is 47.6. The van der Waals surface area contributed by atoms with Crippen LogP contribution in [0.5, 0.6) is 5.75 Å². The number of H-pyrrole nitrogens is 1. The SMILES string of the molecule is CCOC(=O)c1[nH]c(C)c(C(O)=C2C(=O)C(=O)N(Cc3cccnc3)[C@@H]2c2ccccc2OC)c1C. The number of esters is 1. The van der Waals surface area contributed by atoms with Gasteiger partial charge in [-0.05, 0) is 44.0 Å². The maximum Gasteiger partial charge on any atom is 0.355 e. The van der Waals surface area contributed by atoms with E-state index in [4.69, 9.17) is 9.47 Å². The minimum atomic E-state index is -0.930. The number of Topliss-reactive ketones (excluding diaryl/α,β-unsaturated/α-hetero) is 1. The Bertz CT molecular complexity index is 1360. The number of para-hydroxylation sites is 1. The van der Waals surface area contributed by atoms with Gasteiger partial charge in [-0.15, -0.1) is 0 Å². The second kappa shape index (κ2) is 10.1. The summed E-state index contributed by atoms with van der Waals surface area (Å²) in [5.41, 5.74) is 2.51. The van der Waals surface area contributed by atoms with Crippen molar-refractivity contribution in [3.05, 3.63) is 88.0 Å². The lowest BCUT2D eigenvalue weighted by molar-refractivity contribution is -0.140. The highest BCUT2D eigenvalue weighted by molar-refractivity contribution is 6.46. The summed E-state index contributed by atoms with van der Waals surface area (Å²) in [6.07, 6.45) is 3.23. The predicted octanol–water partition coefficient (Wildman–Crippen LogP) is 3.83. The van der Waals surface area contributed by atoms with Gasteiger partial charge in [-0.25, -0.2) is 4.79 Å². The van der Waals surface area contributed by atoms with E-state index in [2.05, 4.69) is 9.97 Å². The van der Waals surface area contributed by atoms with Crippen molar-refractivity contribution in [3.63, 3.8) is 0 Å². The van der Waals surface area contributed by atoms with E-state index in [1.165, 1.54) is 12.0 Å².